The van der Waals surface area contributed by atoms with Crippen molar-refractivity contribution in [2.75, 3.05) is 12.8 Å². The van der Waals surface area contributed by atoms with Crippen molar-refractivity contribution in [2.24, 2.45) is 11.8 Å². The van der Waals surface area contributed by atoms with Crippen molar-refractivity contribution in [3.8, 4) is 0 Å². The minimum absolute atomic E-state index is 0.224. The van der Waals surface area contributed by atoms with Gasteiger partial charge in [0, 0.05) is 6.54 Å². The van der Waals surface area contributed by atoms with Gasteiger partial charge in [0.2, 0.25) is 0 Å². The van der Waals surface area contributed by atoms with Crippen LogP contribution in [-0.4, -0.2) is 22.6 Å². The highest BCUT2D eigenvalue weighted by Crippen LogP contribution is 2.30. The topological polar surface area (TPSA) is 70.1 Å². The maximum Gasteiger partial charge on any atom is 0.360 e. The number of methoxy groups -OCH3 is 1. The molecular formula is C13H21N3O2. The molecule has 0 aromatic carbocycles. The molecule has 0 unspecified atom stereocenters. The number of rotatable bonds is 3. The summed E-state index contributed by atoms with van der Waals surface area (Å²) >= 11 is 0. The summed E-state index contributed by atoms with van der Waals surface area (Å²) in [5.41, 5.74) is 6.15. The van der Waals surface area contributed by atoms with E-state index >= 15 is 0 Å². The van der Waals surface area contributed by atoms with E-state index in [4.69, 9.17) is 5.73 Å². The van der Waals surface area contributed by atoms with Gasteiger partial charge in [-0.3, -0.25) is 0 Å². The van der Waals surface area contributed by atoms with Crippen molar-refractivity contribution in [1.82, 2.24) is 9.55 Å². The van der Waals surface area contributed by atoms with Crippen LogP contribution in [-0.2, 0) is 11.3 Å². The largest absolute Gasteiger partial charge is 0.464 e. The third kappa shape index (κ3) is 2.66. The number of hydrogen-bond donors (Lipinski definition) is 1. The highest BCUT2D eigenvalue weighted by Gasteiger charge is 2.21. The molecule has 0 radical (unpaired) electrons. The van der Waals surface area contributed by atoms with Gasteiger partial charge in [-0.1, -0.05) is 19.8 Å². The molecule has 0 atom stereocenters. The van der Waals surface area contributed by atoms with Crippen LogP contribution in [0.5, 0.6) is 0 Å². The lowest BCUT2D eigenvalue weighted by atomic mass is 9.83. The molecule has 18 heavy (non-hydrogen) atoms. The quantitative estimate of drug-likeness (QED) is 0.835. The van der Waals surface area contributed by atoms with Gasteiger partial charge >= 0.3 is 5.97 Å². The summed E-state index contributed by atoms with van der Waals surface area (Å²) in [7, 11) is 1.34. The van der Waals surface area contributed by atoms with Gasteiger partial charge < -0.3 is 15.0 Å². The zero-order chi connectivity index (χ0) is 13.1. The van der Waals surface area contributed by atoms with E-state index < -0.39 is 5.97 Å². The molecule has 1 fully saturated rings. The van der Waals surface area contributed by atoms with Crippen LogP contribution >= 0.6 is 0 Å². The number of nitrogens with two attached hydrogens (primary N) is 1. The lowest BCUT2D eigenvalue weighted by Gasteiger charge is -2.26. The number of hydrogen-bond acceptors (Lipinski definition) is 4. The van der Waals surface area contributed by atoms with Crippen LogP contribution in [0.15, 0.2) is 6.33 Å². The van der Waals surface area contributed by atoms with Gasteiger partial charge in [0.25, 0.3) is 0 Å². The summed E-state index contributed by atoms with van der Waals surface area (Å²) in [4.78, 5) is 15.4. The molecule has 0 amide bonds. The van der Waals surface area contributed by atoms with Crippen LogP contribution in [0.25, 0.3) is 0 Å². The lowest BCUT2D eigenvalue weighted by molar-refractivity contribution is 0.0596. The molecule has 100 valence electrons. The summed E-state index contributed by atoms with van der Waals surface area (Å²) in [6.07, 6.45) is 6.66. The first kappa shape index (κ1) is 12.9. The van der Waals surface area contributed by atoms with Crippen molar-refractivity contribution >= 4 is 11.8 Å². The van der Waals surface area contributed by atoms with Gasteiger partial charge in [0.05, 0.1) is 13.4 Å². The van der Waals surface area contributed by atoms with Crippen molar-refractivity contribution in [3.63, 3.8) is 0 Å². The Labute approximate surface area is 107 Å². The monoisotopic (exact) mass is 251 g/mol. The van der Waals surface area contributed by atoms with Gasteiger partial charge in [-0.05, 0) is 24.7 Å². The zero-order valence-electron chi connectivity index (χ0n) is 11.1. The maximum absolute atomic E-state index is 11.4. The Hall–Kier alpha value is -1.52. The Morgan fingerprint density at radius 3 is 2.78 bits per heavy atom. The second-order valence-corrected chi connectivity index (χ2v) is 5.25. The molecule has 2 N–H and O–H groups in total. The minimum atomic E-state index is -0.469. The fraction of sp³-hybridized carbons (Fsp3) is 0.692. The van der Waals surface area contributed by atoms with Crippen molar-refractivity contribution in [2.45, 2.75) is 39.2 Å². The average Bonchev–Trinajstić information content (AvgIpc) is 2.73. The Morgan fingerprint density at radius 1 is 1.50 bits per heavy atom. The summed E-state index contributed by atoms with van der Waals surface area (Å²) in [6, 6.07) is 0. The fourth-order valence-electron chi connectivity index (χ4n) is 2.58. The number of aromatic nitrogens is 2. The van der Waals surface area contributed by atoms with E-state index in [9.17, 15) is 4.79 Å². The lowest BCUT2D eigenvalue weighted by Crippen LogP contribution is -2.18. The van der Waals surface area contributed by atoms with Crippen LogP contribution in [0.4, 0.5) is 5.82 Å². The first-order chi connectivity index (χ1) is 8.61. The Bertz CT molecular complexity index is 420. The fourth-order valence-corrected chi connectivity index (χ4v) is 2.58. The van der Waals surface area contributed by atoms with Crippen molar-refractivity contribution in [1.29, 1.82) is 0 Å². The molecule has 5 heteroatoms. The number of imidazole rings is 1. The number of esters is 1. The molecule has 0 spiro atoms. The second-order valence-electron chi connectivity index (χ2n) is 5.25. The number of nitrogen functional groups attached to an aromatic ring is 1. The predicted molar refractivity (Wildman–Crippen MR) is 69.1 cm³/mol. The van der Waals surface area contributed by atoms with E-state index in [0.29, 0.717) is 11.7 Å². The Kier molecular flexibility index (Phi) is 3.89. The summed E-state index contributed by atoms with van der Waals surface area (Å²) in [5, 5.41) is 0. The van der Waals surface area contributed by atoms with Gasteiger partial charge in [-0.15, -0.1) is 0 Å². The minimum Gasteiger partial charge on any atom is -0.464 e. The number of carbonyl (C=O) groups excluding carboxylic acids is 1. The number of nitrogens with zero attached hydrogens (tertiary/aromatic N) is 2. The highest BCUT2D eigenvalue weighted by molar-refractivity contribution is 5.91. The Morgan fingerprint density at radius 2 is 2.17 bits per heavy atom. The molecule has 1 aliphatic carbocycles. The van der Waals surface area contributed by atoms with E-state index in [2.05, 4.69) is 16.6 Å². The predicted octanol–water partition coefficient (Wildman–Crippen LogP) is 2.08. The molecule has 0 saturated heterocycles. The van der Waals surface area contributed by atoms with E-state index in [1.54, 1.807) is 6.33 Å². The number of ether oxygens (including phenoxy) is 1. The smallest absolute Gasteiger partial charge is 0.360 e. The molecule has 1 saturated carbocycles. The van der Waals surface area contributed by atoms with Crippen LogP contribution in [0.2, 0.25) is 0 Å². The molecule has 1 aliphatic rings. The van der Waals surface area contributed by atoms with E-state index in [1.807, 2.05) is 4.57 Å². The van der Waals surface area contributed by atoms with Gasteiger partial charge in [0.1, 0.15) is 5.82 Å². The first-order valence-corrected chi connectivity index (χ1v) is 6.50. The molecular weight excluding hydrogens is 230 g/mol. The third-order valence-corrected chi connectivity index (χ3v) is 3.85. The Balaban J connectivity index is 2.02. The summed E-state index contributed by atoms with van der Waals surface area (Å²) in [6.45, 7) is 3.15. The van der Waals surface area contributed by atoms with Crippen LogP contribution in [0.3, 0.4) is 0 Å². The van der Waals surface area contributed by atoms with Gasteiger partial charge in [-0.2, -0.15) is 0 Å². The molecule has 0 aliphatic heterocycles. The van der Waals surface area contributed by atoms with E-state index in [0.717, 1.165) is 12.5 Å². The second kappa shape index (κ2) is 5.42. The summed E-state index contributed by atoms with van der Waals surface area (Å²) in [5.74, 6) is 1.43. The molecule has 1 aromatic heterocycles. The SMILES string of the molecule is COC(=O)c1ncn(CC2CCC(C)CC2)c1N. The molecule has 2 rings (SSSR count). The van der Waals surface area contributed by atoms with Gasteiger partial charge in [-0.25, -0.2) is 9.78 Å². The highest BCUT2D eigenvalue weighted by atomic mass is 16.5. The van der Waals surface area contributed by atoms with E-state index in [1.165, 1.54) is 32.8 Å². The standard InChI is InChI=1S/C13H21N3O2/c1-9-3-5-10(6-4-9)7-16-8-15-11(12(16)14)13(17)18-2/h8-10H,3-7,14H2,1-2H3. The van der Waals surface area contributed by atoms with E-state index in [-0.39, 0.29) is 5.69 Å². The summed E-state index contributed by atoms with van der Waals surface area (Å²) < 4.78 is 6.51. The van der Waals surface area contributed by atoms with Gasteiger partial charge in [0.15, 0.2) is 5.69 Å². The zero-order valence-corrected chi connectivity index (χ0v) is 11.1. The maximum atomic E-state index is 11.4. The van der Waals surface area contributed by atoms with Crippen molar-refractivity contribution in [3.05, 3.63) is 12.0 Å². The molecule has 5 nitrogen and oxygen atoms in total. The van der Waals surface area contributed by atoms with Crippen molar-refractivity contribution < 1.29 is 9.53 Å². The van der Waals surface area contributed by atoms with Crippen LogP contribution in [0, 0.1) is 11.8 Å². The normalized spacial score (nSPS) is 23.9. The number of anilines is 1. The first-order valence-electron chi connectivity index (χ1n) is 6.50. The number of carbonyl (C=O) groups is 1. The van der Waals surface area contributed by atoms with Crippen LogP contribution in [0.1, 0.15) is 43.1 Å². The molecule has 0 bridgehead atoms. The third-order valence-electron chi connectivity index (χ3n) is 3.85. The van der Waals surface area contributed by atoms with Crippen LogP contribution < -0.4 is 5.73 Å². The average molecular weight is 251 g/mol. The molecule has 1 heterocycles. The molecule has 1 aromatic rings.